The van der Waals surface area contributed by atoms with Gasteiger partial charge in [0, 0.05) is 32.0 Å². The summed E-state index contributed by atoms with van der Waals surface area (Å²) in [4.78, 5) is 23.4. The van der Waals surface area contributed by atoms with Crippen LogP contribution in [0.15, 0.2) is 67.3 Å². The second kappa shape index (κ2) is 11.3. The molecule has 1 unspecified atom stereocenters. The van der Waals surface area contributed by atoms with E-state index in [0.717, 1.165) is 29.3 Å². The minimum atomic E-state index is -1.14. The third kappa shape index (κ3) is 5.78. The van der Waals surface area contributed by atoms with Crippen LogP contribution in [0.2, 0.25) is 30.7 Å². The number of cyclic esters (lactones) is 1. The van der Waals surface area contributed by atoms with E-state index in [1.165, 1.54) is 17.0 Å². The molecular formula is C29H29ClFN7O3Si. The van der Waals surface area contributed by atoms with Crippen molar-refractivity contribution in [3.05, 3.63) is 83.7 Å². The van der Waals surface area contributed by atoms with Crippen LogP contribution in [0, 0.1) is 5.82 Å². The Kier molecular flexibility index (Phi) is 7.52. The average Bonchev–Trinajstić information content (AvgIpc) is 3.70. The van der Waals surface area contributed by atoms with Crippen LogP contribution in [0.3, 0.4) is 0 Å². The fraction of sp³-hybridized carbons (Fsp3) is 0.276. The van der Waals surface area contributed by atoms with Crippen LogP contribution in [-0.4, -0.2) is 56.7 Å². The standard InChI is InChI=1S/C29H29ClFN7O3Si/c1-42(2,3)13-12-40-18-36-17-32-27(35-36)20-6-4-19(5-7-20)22-15-33-37-11-10-26(34-28(22)37)38-25(16-41-29(38)39)21-8-9-24(31)23(30)14-21/h4-11,14-15,17,25H,12-13,16,18H2,1-3H3. The van der Waals surface area contributed by atoms with Crippen molar-refractivity contribution in [1.29, 1.82) is 0 Å². The van der Waals surface area contributed by atoms with Gasteiger partial charge in [-0.3, -0.25) is 4.90 Å². The Hall–Kier alpha value is -4.13. The van der Waals surface area contributed by atoms with Gasteiger partial charge in [0.2, 0.25) is 0 Å². The first kappa shape index (κ1) is 28.0. The Bertz CT molecular complexity index is 1750. The predicted octanol–water partition coefficient (Wildman–Crippen LogP) is 6.46. The smallest absolute Gasteiger partial charge is 0.416 e. The number of amides is 1. The highest BCUT2D eigenvalue weighted by Crippen LogP contribution is 2.35. The largest absolute Gasteiger partial charge is 0.447 e. The summed E-state index contributed by atoms with van der Waals surface area (Å²) in [5, 5.41) is 8.96. The Morgan fingerprint density at radius 3 is 2.67 bits per heavy atom. The molecule has 0 bridgehead atoms. The van der Waals surface area contributed by atoms with E-state index in [1.54, 1.807) is 40.1 Å². The highest BCUT2D eigenvalue weighted by atomic mass is 35.5. The molecule has 6 rings (SSSR count). The molecule has 2 aromatic carbocycles. The molecule has 42 heavy (non-hydrogen) atoms. The summed E-state index contributed by atoms with van der Waals surface area (Å²) in [6, 6.07) is 14.5. The zero-order valence-electron chi connectivity index (χ0n) is 23.4. The zero-order chi connectivity index (χ0) is 29.4. The fourth-order valence-corrected chi connectivity index (χ4v) is 5.61. The van der Waals surface area contributed by atoms with Gasteiger partial charge < -0.3 is 9.47 Å². The van der Waals surface area contributed by atoms with Crippen molar-refractivity contribution in [1.82, 2.24) is 29.4 Å². The summed E-state index contributed by atoms with van der Waals surface area (Å²) < 4.78 is 28.2. The SMILES string of the molecule is C[Si](C)(C)CCOCn1cnc(-c2ccc(-c3cnn4ccc(N5C(=O)OCC5c5ccc(F)c(Cl)c5)nc34)cc2)n1. The maximum atomic E-state index is 13.8. The van der Waals surface area contributed by atoms with Gasteiger partial charge in [-0.05, 0) is 35.4 Å². The lowest BCUT2D eigenvalue weighted by Gasteiger charge is -2.21. The number of nitrogens with zero attached hydrogens (tertiary/aromatic N) is 7. The normalized spacial score (nSPS) is 15.5. The van der Waals surface area contributed by atoms with Crippen molar-refractivity contribution in [2.24, 2.45) is 0 Å². The predicted molar refractivity (Wildman–Crippen MR) is 160 cm³/mol. The van der Waals surface area contributed by atoms with Gasteiger partial charge in [0.1, 0.15) is 37.3 Å². The lowest BCUT2D eigenvalue weighted by Crippen LogP contribution is -2.28. The van der Waals surface area contributed by atoms with Crippen LogP contribution in [-0.2, 0) is 16.2 Å². The molecule has 10 nitrogen and oxygen atoms in total. The molecule has 1 aliphatic rings. The number of benzene rings is 2. The Morgan fingerprint density at radius 1 is 1.12 bits per heavy atom. The van der Waals surface area contributed by atoms with Crippen LogP contribution in [0.25, 0.3) is 28.2 Å². The third-order valence-electron chi connectivity index (χ3n) is 7.01. The molecule has 1 fully saturated rings. The van der Waals surface area contributed by atoms with E-state index >= 15 is 0 Å². The second-order valence-electron chi connectivity index (χ2n) is 11.3. The van der Waals surface area contributed by atoms with Gasteiger partial charge >= 0.3 is 6.09 Å². The van der Waals surface area contributed by atoms with Crippen molar-refractivity contribution >= 4 is 37.2 Å². The number of rotatable bonds is 9. The number of carbonyl (C=O) groups is 1. The molecule has 0 spiro atoms. The van der Waals surface area contributed by atoms with E-state index in [4.69, 9.17) is 26.1 Å². The number of hydrogen-bond acceptors (Lipinski definition) is 7. The van der Waals surface area contributed by atoms with Crippen molar-refractivity contribution < 1.29 is 18.7 Å². The van der Waals surface area contributed by atoms with Crippen molar-refractivity contribution in [3.63, 3.8) is 0 Å². The molecule has 5 aromatic rings. The van der Waals surface area contributed by atoms with E-state index in [2.05, 4.69) is 34.8 Å². The molecule has 3 aromatic heterocycles. The lowest BCUT2D eigenvalue weighted by atomic mass is 10.1. The topological polar surface area (TPSA) is 99.7 Å². The van der Waals surface area contributed by atoms with Gasteiger partial charge in [0.05, 0.1) is 11.2 Å². The van der Waals surface area contributed by atoms with E-state index in [-0.39, 0.29) is 11.6 Å². The molecule has 0 N–H and O–H groups in total. The number of aromatic nitrogens is 6. The Morgan fingerprint density at radius 2 is 1.90 bits per heavy atom. The molecule has 0 saturated carbocycles. The van der Waals surface area contributed by atoms with E-state index < -0.39 is 26.0 Å². The minimum absolute atomic E-state index is 0.0236. The minimum Gasteiger partial charge on any atom is -0.447 e. The first-order valence-corrected chi connectivity index (χ1v) is 17.6. The van der Waals surface area contributed by atoms with Gasteiger partial charge in [-0.2, -0.15) is 5.10 Å². The maximum Gasteiger partial charge on any atom is 0.416 e. The van der Waals surface area contributed by atoms with Crippen LogP contribution < -0.4 is 4.90 Å². The molecular weight excluding hydrogens is 577 g/mol. The first-order chi connectivity index (χ1) is 20.2. The fourth-order valence-electron chi connectivity index (χ4n) is 4.66. The summed E-state index contributed by atoms with van der Waals surface area (Å²) in [6.45, 7) is 8.14. The Balaban J connectivity index is 1.22. The number of carbonyl (C=O) groups excluding carboxylic acids is 1. The van der Waals surface area contributed by atoms with Crippen LogP contribution >= 0.6 is 11.6 Å². The third-order valence-corrected chi connectivity index (χ3v) is 9.01. The van der Waals surface area contributed by atoms with Gasteiger partial charge in [0.15, 0.2) is 11.5 Å². The molecule has 1 amide bonds. The van der Waals surface area contributed by atoms with Gasteiger partial charge in [-0.1, -0.05) is 61.6 Å². The quantitative estimate of drug-likeness (QED) is 0.140. The number of ether oxygens (including phenoxy) is 2. The summed E-state index contributed by atoms with van der Waals surface area (Å²) in [5.41, 5.74) is 3.75. The average molecular weight is 606 g/mol. The molecule has 1 aliphatic heterocycles. The van der Waals surface area contributed by atoms with Crippen molar-refractivity contribution in [2.45, 2.75) is 38.5 Å². The van der Waals surface area contributed by atoms with Crippen LogP contribution in [0.1, 0.15) is 11.6 Å². The molecule has 216 valence electrons. The summed E-state index contributed by atoms with van der Waals surface area (Å²) in [5.74, 6) is 0.461. The van der Waals surface area contributed by atoms with Crippen molar-refractivity contribution in [3.8, 4) is 22.5 Å². The summed E-state index contributed by atoms with van der Waals surface area (Å²) in [6.07, 6.45) is 4.59. The zero-order valence-corrected chi connectivity index (χ0v) is 25.1. The molecule has 1 atom stereocenters. The summed E-state index contributed by atoms with van der Waals surface area (Å²) in [7, 11) is -1.14. The molecule has 0 radical (unpaired) electrons. The van der Waals surface area contributed by atoms with Gasteiger partial charge in [-0.15, -0.1) is 5.10 Å². The van der Waals surface area contributed by atoms with E-state index in [0.29, 0.717) is 29.6 Å². The first-order valence-electron chi connectivity index (χ1n) is 13.5. The van der Waals surface area contributed by atoms with Crippen LogP contribution in [0.5, 0.6) is 0 Å². The van der Waals surface area contributed by atoms with Gasteiger partial charge in [0.25, 0.3) is 0 Å². The number of hydrogen-bond donors (Lipinski definition) is 0. The maximum absolute atomic E-state index is 13.8. The van der Waals surface area contributed by atoms with Crippen LogP contribution in [0.4, 0.5) is 15.0 Å². The lowest BCUT2D eigenvalue weighted by molar-refractivity contribution is 0.0785. The van der Waals surface area contributed by atoms with E-state index in [9.17, 15) is 9.18 Å². The molecule has 1 saturated heterocycles. The second-order valence-corrected chi connectivity index (χ2v) is 17.3. The Labute approximate surface area is 247 Å². The molecule has 0 aliphatic carbocycles. The summed E-state index contributed by atoms with van der Waals surface area (Å²) >= 11 is 6.01. The van der Waals surface area contributed by atoms with Gasteiger partial charge in [-0.25, -0.2) is 28.4 Å². The number of anilines is 1. The van der Waals surface area contributed by atoms with Crippen molar-refractivity contribution in [2.75, 3.05) is 18.1 Å². The number of fused-ring (bicyclic) bond motifs is 1. The highest BCUT2D eigenvalue weighted by molar-refractivity contribution is 6.76. The molecule has 4 heterocycles. The molecule has 13 heteroatoms. The highest BCUT2D eigenvalue weighted by Gasteiger charge is 2.37. The number of halogens is 2. The van der Waals surface area contributed by atoms with E-state index in [1.807, 2.05) is 24.3 Å². The monoisotopic (exact) mass is 605 g/mol.